The number of ketones is 1. The summed E-state index contributed by atoms with van der Waals surface area (Å²) in [5.74, 6) is -0.916. The summed E-state index contributed by atoms with van der Waals surface area (Å²) in [6.07, 6.45) is -1.08. The van der Waals surface area contributed by atoms with Crippen molar-refractivity contribution in [2.24, 2.45) is 0 Å². The van der Waals surface area contributed by atoms with Crippen LogP contribution in [0.15, 0.2) is 29.2 Å². The molecule has 8 heteroatoms. The largest absolute Gasteiger partial charge is 0.447 e. The van der Waals surface area contributed by atoms with Crippen molar-refractivity contribution in [2.75, 3.05) is 6.54 Å². The second-order valence-electron chi connectivity index (χ2n) is 4.49. The summed E-state index contributed by atoms with van der Waals surface area (Å²) in [7, 11) is -3.82. The van der Waals surface area contributed by atoms with E-state index in [4.69, 9.17) is 10.00 Å². The Morgan fingerprint density at radius 2 is 2.09 bits per heavy atom. The van der Waals surface area contributed by atoms with E-state index in [-0.39, 0.29) is 29.2 Å². The Morgan fingerprint density at radius 1 is 1.41 bits per heavy atom. The van der Waals surface area contributed by atoms with E-state index in [2.05, 4.69) is 4.72 Å². The molecular formula is C14H16N2O5S. The van der Waals surface area contributed by atoms with Gasteiger partial charge in [-0.05, 0) is 26.0 Å². The van der Waals surface area contributed by atoms with Gasteiger partial charge in [0.05, 0.1) is 11.3 Å². The fourth-order valence-corrected chi connectivity index (χ4v) is 2.61. The number of sulfonamides is 1. The van der Waals surface area contributed by atoms with Crippen LogP contribution in [0.1, 0.15) is 30.6 Å². The quantitative estimate of drug-likeness (QED) is 0.591. The Bertz CT molecular complexity index is 706. The molecule has 0 saturated heterocycles. The molecule has 0 heterocycles. The van der Waals surface area contributed by atoms with Gasteiger partial charge in [0.1, 0.15) is 6.07 Å². The highest BCUT2D eigenvalue weighted by atomic mass is 32.2. The molecule has 0 aliphatic carbocycles. The number of ether oxygens (including phenoxy) is 1. The third-order valence-corrected chi connectivity index (χ3v) is 4.12. The van der Waals surface area contributed by atoms with Crippen molar-refractivity contribution in [3.8, 4) is 6.07 Å². The van der Waals surface area contributed by atoms with Crippen LogP contribution in [0.2, 0.25) is 0 Å². The maximum absolute atomic E-state index is 12.0. The molecule has 0 aromatic heterocycles. The number of nitriles is 1. The first-order valence-corrected chi connectivity index (χ1v) is 7.94. The van der Waals surface area contributed by atoms with Crippen LogP contribution in [-0.2, 0) is 19.6 Å². The molecule has 0 bridgehead atoms. The summed E-state index contributed by atoms with van der Waals surface area (Å²) >= 11 is 0. The summed E-state index contributed by atoms with van der Waals surface area (Å²) in [6, 6.07) is 7.33. The highest BCUT2D eigenvalue weighted by Gasteiger charge is 2.16. The highest BCUT2D eigenvalue weighted by Crippen LogP contribution is 2.12. The minimum atomic E-state index is -3.82. The highest BCUT2D eigenvalue weighted by molar-refractivity contribution is 7.89. The van der Waals surface area contributed by atoms with Gasteiger partial charge in [-0.25, -0.2) is 13.1 Å². The van der Waals surface area contributed by atoms with E-state index in [1.807, 2.05) is 0 Å². The Balaban J connectivity index is 2.65. The number of hydrogen-bond donors (Lipinski definition) is 1. The van der Waals surface area contributed by atoms with E-state index in [0.29, 0.717) is 0 Å². The van der Waals surface area contributed by atoms with Crippen molar-refractivity contribution in [1.29, 1.82) is 5.26 Å². The lowest BCUT2D eigenvalue weighted by Gasteiger charge is -2.08. The molecule has 0 amide bonds. The lowest BCUT2D eigenvalue weighted by molar-refractivity contribution is -0.145. The molecule has 0 aliphatic heterocycles. The van der Waals surface area contributed by atoms with E-state index in [1.165, 1.54) is 38.1 Å². The lowest BCUT2D eigenvalue weighted by Crippen LogP contribution is -2.27. The molecule has 0 fully saturated rings. The van der Waals surface area contributed by atoms with Crippen LogP contribution in [0.3, 0.4) is 0 Å². The number of rotatable bonds is 7. The Hall–Kier alpha value is -2.24. The molecule has 1 atom stereocenters. The van der Waals surface area contributed by atoms with Crippen LogP contribution in [0.5, 0.6) is 0 Å². The Kier molecular flexibility index (Phi) is 6.22. The molecule has 0 aliphatic rings. The number of nitrogens with zero attached hydrogens (tertiary/aromatic N) is 1. The third-order valence-electron chi connectivity index (χ3n) is 2.66. The first-order valence-electron chi connectivity index (χ1n) is 6.46. The molecule has 1 aromatic carbocycles. The summed E-state index contributed by atoms with van der Waals surface area (Å²) in [4.78, 5) is 22.5. The number of nitrogens with one attached hydrogen (secondary N) is 1. The molecule has 1 rings (SSSR count). The normalized spacial score (nSPS) is 12.2. The van der Waals surface area contributed by atoms with Gasteiger partial charge >= 0.3 is 5.97 Å². The van der Waals surface area contributed by atoms with Crippen molar-refractivity contribution in [3.05, 3.63) is 29.8 Å². The molecule has 1 N–H and O–H groups in total. The van der Waals surface area contributed by atoms with Crippen LogP contribution < -0.4 is 4.72 Å². The molecule has 0 spiro atoms. The Labute approximate surface area is 128 Å². The smallest absolute Gasteiger partial charge is 0.308 e. The van der Waals surface area contributed by atoms with Crippen LogP contribution in [0.25, 0.3) is 0 Å². The molecular weight excluding hydrogens is 308 g/mol. The van der Waals surface area contributed by atoms with Gasteiger partial charge in [-0.1, -0.05) is 12.1 Å². The number of carbonyl (C=O) groups excluding carboxylic acids is 2. The van der Waals surface area contributed by atoms with Gasteiger partial charge in [-0.3, -0.25) is 9.59 Å². The van der Waals surface area contributed by atoms with E-state index in [1.54, 1.807) is 6.07 Å². The summed E-state index contributed by atoms with van der Waals surface area (Å²) in [5.41, 5.74) is 0.283. The van der Waals surface area contributed by atoms with Gasteiger partial charge in [0.2, 0.25) is 10.0 Å². The fraction of sp³-hybridized carbons (Fsp3) is 0.357. The topological polar surface area (TPSA) is 113 Å². The average molecular weight is 324 g/mol. The van der Waals surface area contributed by atoms with Crippen molar-refractivity contribution < 1.29 is 22.7 Å². The number of esters is 1. The minimum Gasteiger partial charge on any atom is -0.447 e. The van der Waals surface area contributed by atoms with Crippen molar-refractivity contribution in [3.63, 3.8) is 0 Å². The molecule has 1 aromatic rings. The summed E-state index contributed by atoms with van der Waals surface area (Å²) in [5, 5.41) is 8.49. The van der Waals surface area contributed by atoms with Gasteiger partial charge in [0.15, 0.2) is 11.9 Å². The maximum Gasteiger partial charge on any atom is 0.308 e. The molecule has 22 heavy (non-hydrogen) atoms. The first-order chi connectivity index (χ1) is 10.3. The molecule has 7 nitrogen and oxygen atoms in total. The number of hydrogen-bond acceptors (Lipinski definition) is 6. The van der Waals surface area contributed by atoms with Crippen LogP contribution in [0, 0.1) is 11.3 Å². The van der Waals surface area contributed by atoms with Gasteiger partial charge in [-0.15, -0.1) is 0 Å². The molecule has 118 valence electrons. The van der Waals surface area contributed by atoms with Gasteiger partial charge < -0.3 is 4.74 Å². The fourth-order valence-electron chi connectivity index (χ4n) is 1.54. The van der Waals surface area contributed by atoms with E-state index >= 15 is 0 Å². The van der Waals surface area contributed by atoms with E-state index in [9.17, 15) is 18.0 Å². The molecule has 0 radical (unpaired) electrons. The monoisotopic (exact) mass is 324 g/mol. The second kappa shape index (κ2) is 7.68. The zero-order valence-electron chi connectivity index (χ0n) is 12.2. The number of carbonyl (C=O) groups is 2. The second-order valence-corrected chi connectivity index (χ2v) is 6.26. The van der Waals surface area contributed by atoms with Gasteiger partial charge in [0, 0.05) is 12.1 Å². The van der Waals surface area contributed by atoms with Crippen LogP contribution in [-0.4, -0.2) is 32.8 Å². The zero-order chi connectivity index (χ0) is 16.8. The Morgan fingerprint density at radius 3 is 2.68 bits per heavy atom. The SMILES string of the molecule is CC(=O)c1cccc(S(=O)(=O)NCCC(=O)O[C@@H](C)C#N)c1. The van der Waals surface area contributed by atoms with Crippen molar-refractivity contribution >= 4 is 21.8 Å². The van der Waals surface area contributed by atoms with E-state index in [0.717, 1.165) is 0 Å². The van der Waals surface area contributed by atoms with Gasteiger partial charge in [-0.2, -0.15) is 5.26 Å². The van der Waals surface area contributed by atoms with Crippen molar-refractivity contribution in [1.82, 2.24) is 4.72 Å². The van der Waals surface area contributed by atoms with Crippen LogP contribution in [0.4, 0.5) is 0 Å². The lowest BCUT2D eigenvalue weighted by atomic mass is 10.2. The van der Waals surface area contributed by atoms with E-state index < -0.39 is 22.1 Å². The predicted molar refractivity (Wildman–Crippen MR) is 77.4 cm³/mol. The molecule has 0 unspecified atom stereocenters. The number of benzene rings is 1. The maximum atomic E-state index is 12.0. The van der Waals surface area contributed by atoms with Crippen molar-refractivity contribution in [2.45, 2.75) is 31.3 Å². The summed E-state index contributed by atoms with van der Waals surface area (Å²) < 4.78 is 31.0. The summed E-state index contributed by atoms with van der Waals surface area (Å²) in [6.45, 7) is 2.59. The zero-order valence-corrected chi connectivity index (χ0v) is 13.0. The minimum absolute atomic E-state index is 0.0565. The average Bonchev–Trinajstić information content (AvgIpc) is 2.46. The van der Waals surface area contributed by atoms with Crippen LogP contribution >= 0.6 is 0 Å². The standard InChI is InChI=1S/C14H16N2O5S/c1-10(9-15)21-14(18)6-7-16-22(19,20)13-5-3-4-12(8-13)11(2)17/h3-5,8,10,16H,6-7H2,1-2H3/t10-/m0/s1. The number of Topliss-reactive ketones (excluding diaryl/α,β-unsaturated/α-hetero) is 1. The first kappa shape index (κ1) is 17.8. The predicted octanol–water partition coefficient (Wildman–Crippen LogP) is 1.01. The third kappa shape index (κ3) is 5.27. The molecule has 0 saturated carbocycles. The van der Waals surface area contributed by atoms with Gasteiger partial charge in [0.25, 0.3) is 0 Å².